The molecule has 0 aromatic heterocycles. The van der Waals surface area contributed by atoms with Gasteiger partial charge in [0.2, 0.25) is 0 Å². The van der Waals surface area contributed by atoms with Crippen LogP contribution in [0, 0.1) is 17.0 Å². The molecule has 5 rings (SSSR count). The maximum atomic E-state index is 14.1. The van der Waals surface area contributed by atoms with Crippen LogP contribution >= 0.6 is 0 Å². The number of nitrogens with zero attached hydrogens (tertiary/aromatic N) is 2. The van der Waals surface area contributed by atoms with E-state index in [4.69, 9.17) is 20.6 Å². The predicted molar refractivity (Wildman–Crippen MR) is 169 cm³/mol. The molecule has 1 aliphatic heterocycles. The van der Waals surface area contributed by atoms with Crippen LogP contribution in [0.1, 0.15) is 53.2 Å². The van der Waals surface area contributed by atoms with Crippen LogP contribution in [0.5, 0.6) is 5.75 Å². The Morgan fingerprint density at radius 2 is 1.78 bits per heavy atom. The van der Waals surface area contributed by atoms with Crippen molar-refractivity contribution in [2.45, 2.75) is 38.7 Å². The Bertz CT molecular complexity index is 1770. The van der Waals surface area contributed by atoms with Crippen LogP contribution in [-0.2, 0) is 16.0 Å². The standard InChI is InChI=1S/C35H34F2N4O4/c1-3-44-35(43)31(24-8-11-28(12-9-24)45-29-14-15-41(20-29)21(2)38)17-22-4-5-23-6-7-25(18-26(23)16-22)33(39)40-34(42)30-13-10-27(36)19-32(30)37/h4-13,16,18-19,29,31,38H,3,14-15,17,20H2,1-2H3,(H2,39,40,42)/t29-,31-/m0/s1. The second-order valence-corrected chi connectivity index (χ2v) is 11.0. The Kier molecular flexibility index (Phi) is 9.51. The van der Waals surface area contributed by atoms with Crippen molar-refractivity contribution in [1.82, 2.24) is 4.90 Å². The minimum atomic E-state index is -1.02. The quantitative estimate of drug-likeness (QED) is 0.136. The Balaban J connectivity index is 1.34. The molecule has 1 aliphatic rings. The molecule has 0 spiro atoms. The third kappa shape index (κ3) is 7.52. The fourth-order valence-electron chi connectivity index (χ4n) is 5.40. The summed E-state index contributed by atoms with van der Waals surface area (Å²) in [6, 6.07) is 21.2. The average Bonchev–Trinajstić information content (AvgIpc) is 3.49. The number of hydrogen-bond donors (Lipinski definition) is 2. The van der Waals surface area contributed by atoms with E-state index in [1.165, 1.54) is 0 Å². The second-order valence-electron chi connectivity index (χ2n) is 11.0. The first-order valence-electron chi connectivity index (χ1n) is 14.7. The first-order chi connectivity index (χ1) is 21.6. The van der Waals surface area contributed by atoms with E-state index in [2.05, 4.69) is 4.99 Å². The number of esters is 1. The molecule has 10 heteroatoms. The van der Waals surface area contributed by atoms with Gasteiger partial charge < -0.3 is 20.1 Å². The summed E-state index contributed by atoms with van der Waals surface area (Å²) in [7, 11) is 0. The molecule has 0 bridgehead atoms. The number of amidine groups is 2. The minimum absolute atomic E-state index is 0.000718. The van der Waals surface area contributed by atoms with Crippen molar-refractivity contribution in [3.8, 4) is 5.75 Å². The molecule has 2 atom stereocenters. The molecule has 0 aliphatic carbocycles. The monoisotopic (exact) mass is 612 g/mol. The minimum Gasteiger partial charge on any atom is -0.489 e. The van der Waals surface area contributed by atoms with E-state index in [1.54, 1.807) is 26.0 Å². The zero-order valence-electron chi connectivity index (χ0n) is 25.1. The summed E-state index contributed by atoms with van der Waals surface area (Å²) >= 11 is 0. The van der Waals surface area contributed by atoms with Crippen LogP contribution in [0.2, 0.25) is 0 Å². The molecule has 1 saturated heterocycles. The maximum absolute atomic E-state index is 14.1. The van der Waals surface area contributed by atoms with Gasteiger partial charge in [0.15, 0.2) is 0 Å². The molecule has 0 unspecified atom stereocenters. The van der Waals surface area contributed by atoms with Gasteiger partial charge in [0.25, 0.3) is 5.91 Å². The number of rotatable bonds is 9. The predicted octanol–water partition coefficient (Wildman–Crippen LogP) is 6.00. The number of amides is 1. The maximum Gasteiger partial charge on any atom is 0.313 e. The largest absolute Gasteiger partial charge is 0.489 e. The zero-order chi connectivity index (χ0) is 32.1. The Morgan fingerprint density at radius 1 is 1.02 bits per heavy atom. The Morgan fingerprint density at radius 3 is 2.47 bits per heavy atom. The molecule has 232 valence electrons. The van der Waals surface area contributed by atoms with Gasteiger partial charge in [0, 0.05) is 24.6 Å². The van der Waals surface area contributed by atoms with Gasteiger partial charge in [-0.25, -0.2) is 8.78 Å². The summed E-state index contributed by atoms with van der Waals surface area (Å²) in [5.74, 6) is -2.50. The smallest absolute Gasteiger partial charge is 0.313 e. The number of aliphatic imine (C=N–C) groups is 1. The Labute approximate surface area is 260 Å². The van der Waals surface area contributed by atoms with Crippen molar-refractivity contribution in [2.24, 2.45) is 10.7 Å². The molecule has 0 radical (unpaired) electrons. The summed E-state index contributed by atoms with van der Waals surface area (Å²) in [4.78, 5) is 31.4. The summed E-state index contributed by atoms with van der Waals surface area (Å²) in [6.07, 6.45) is 1.22. The molecule has 3 N–H and O–H groups in total. The van der Waals surface area contributed by atoms with E-state index in [0.29, 0.717) is 36.2 Å². The lowest BCUT2D eigenvalue weighted by molar-refractivity contribution is -0.144. The molecule has 4 aromatic carbocycles. The van der Waals surface area contributed by atoms with Gasteiger partial charge in [0.05, 0.1) is 30.5 Å². The Hall–Kier alpha value is -5.12. The van der Waals surface area contributed by atoms with Crippen molar-refractivity contribution in [2.75, 3.05) is 19.7 Å². The van der Waals surface area contributed by atoms with E-state index in [0.717, 1.165) is 47.0 Å². The first-order valence-corrected chi connectivity index (χ1v) is 14.7. The van der Waals surface area contributed by atoms with Crippen molar-refractivity contribution >= 4 is 34.3 Å². The fraction of sp³-hybridized carbons (Fsp3) is 0.257. The number of carbonyl (C=O) groups is 2. The van der Waals surface area contributed by atoms with Crippen LogP contribution in [0.15, 0.2) is 83.9 Å². The van der Waals surface area contributed by atoms with Crippen molar-refractivity contribution < 1.29 is 27.8 Å². The van der Waals surface area contributed by atoms with Crippen molar-refractivity contribution in [3.05, 3.63) is 113 Å². The number of ether oxygens (including phenoxy) is 2. The van der Waals surface area contributed by atoms with E-state index in [1.807, 2.05) is 53.4 Å². The molecule has 1 fully saturated rings. The highest BCUT2D eigenvalue weighted by Crippen LogP contribution is 2.28. The number of nitrogens with one attached hydrogen (secondary N) is 1. The van der Waals surface area contributed by atoms with Gasteiger partial charge in [-0.2, -0.15) is 4.99 Å². The van der Waals surface area contributed by atoms with E-state index >= 15 is 0 Å². The molecule has 1 amide bonds. The fourth-order valence-corrected chi connectivity index (χ4v) is 5.40. The number of halogens is 2. The highest BCUT2D eigenvalue weighted by Gasteiger charge is 2.26. The van der Waals surface area contributed by atoms with E-state index < -0.39 is 23.5 Å². The normalized spacial score (nSPS) is 15.6. The highest BCUT2D eigenvalue weighted by molar-refractivity contribution is 6.10. The first kappa shape index (κ1) is 31.3. The number of likely N-dealkylation sites (tertiary alicyclic amines) is 1. The summed E-state index contributed by atoms with van der Waals surface area (Å²) in [6.45, 7) is 5.26. The average molecular weight is 613 g/mol. The van der Waals surface area contributed by atoms with Gasteiger partial charge >= 0.3 is 5.97 Å². The van der Waals surface area contributed by atoms with Gasteiger partial charge in [-0.05, 0) is 72.5 Å². The van der Waals surface area contributed by atoms with E-state index in [9.17, 15) is 18.4 Å². The third-order valence-corrected chi connectivity index (χ3v) is 7.80. The molecule has 0 saturated carbocycles. The zero-order valence-corrected chi connectivity index (χ0v) is 25.1. The van der Waals surface area contributed by atoms with E-state index in [-0.39, 0.29) is 30.1 Å². The second kappa shape index (κ2) is 13.7. The van der Waals surface area contributed by atoms with Crippen molar-refractivity contribution in [1.29, 1.82) is 5.41 Å². The SMILES string of the molecule is CCOC(=O)[C@@H](Cc1ccc2ccc(C(N)=NC(=O)c3ccc(F)cc3F)cc2c1)c1ccc(O[C@H]2CCN(C(C)=N)C2)cc1. The molecular weight excluding hydrogens is 578 g/mol. The van der Waals surface area contributed by atoms with Crippen LogP contribution in [0.3, 0.4) is 0 Å². The van der Waals surface area contributed by atoms with Gasteiger partial charge in [-0.15, -0.1) is 0 Å². The van der Waals surface area contributed by atoms with Crippen molar-refractivity contribution in [3.63, 3.8) is 0 Å². The van der Waals surface area contributed by atoms with Crippen LogP contribution in [-0.4, -0.2) is 54.2 Å². The molecule has 45 heavy (non-hydrogen) atoms. The highest BCUT2D eigenvalue weighted by atomic mass is 19.1. The summed E-state index contributed by atoms with van der Waals surface area (Å²) in [5, 5.41) is 9.54. The molecule has 4 aromatic rings. The molecular formula is C35H34F2N4O4. The van der Waals surface area contributed by atoms with Crippen LogP contribution in [0.25, 0.3) is 10.8 Å². The number of nitrogens with two attached hydrogens (primary N) is 1. The number of fused-ring (bicyclic) bond motifs is 1. The van der Waals surface area contributed by atoms with Crippen LogP contribution < -0.4 is 10.5 Å². The van der Waals surface area contributed by atoms with Gasteiger partial charge in [-0.1, -0.05) is 42.5 Å². The van der Waals surface area contributed by atoms with Crippen LogP contribution in [0.4, 0.5) is 8.78 Å². The summed E-state index contributed by atoms with van der Waals surface area (Å²) < 4.78 is 38.8. The number of benzene rings is 4. The molecule has 8 nitrogen and oxygen atoms in total. The number of carbonyl (C=O) groups excluding carboxylic acids is 2. The topological polar surface area (TPSA) is 118 Å². The lowest BCUT2D eigenvalue weighted by Gasteiger charge is -2.19. The van der Waals surface area contributed by atoms with Gasteiger partial charge in [0.1, 0.15) is 29.3 Å². The van der Waals surface area contributed by atoms with Gasteiger partial charge in [-0.3, -0.25) is 15.0 Å². The molecule has 1 heterocycles. The summed E-state index contributed by atoms with van der Waals surface area (Å²) in [5.41, 5.74) is 7.85. The number of hydrogen-bond acceptors (Lipinski definition) is 5. The lowest BCUT2D eigenvalue weighted by atomic mass is 9.91. The third-order valence-electron chi connectivity index (χ3n) is 7.80. The lowest BCUT2D eigenvalue weighted by Crippen LogP contribution is -2.28.